The van der Waals surface area contributed by atoms with Crippen LogP contribution in [0.5, 0.6) is 0 Å². The number of nitrogens with one attached hydrogen (secondary N) is 1. The number of halogens is 1. The van der Waals surface area contributed by atoms with Crippen LogP contribution in [0.25, 0.3) is 0 Å². The van der Waals surface area contributed by atoms with E-state index in [-0.39, 0.29) is 22.0 Å². The van der Waals surface area contributed by atoms with Crippen molar-refractivity contribution in [2.75, 3.05) is 17.4 Å². The van der Waals surface area contributed by atoms with Crippen LogP contribution in [0.4, 0.5) is 5.69 Å². The molecule has 0 aliphatic rings. The minimum atomic E-state index is -4.02. The van der Waals surface area contributed by atoms with Crippen molar-refractivity contribution in [1.82, 2.24) is 5.32 Å². The maximum Gasteiger partial charge on any atom is 0.264 e. The van der Waals surface area contributed by atoms with Crippen molar-refractivity contribution in [2.45, 2.75) is 11.3 Å². The molecule has 9 heteroatoms. The van der Waals surface area contributed by atoms with Gasteiger partial charge in [-0.15, -0.1) is 6.58 Å². The zero-order valence-electron chi connectivity index (χ0n) is 18.3. The van der Waals surface area contributed by atoms with Gasteiger partial charge in [-0.05, 0) is 54.4 Å². The van der Waals surface area contributed by atoms with Crippen molar-refractivity contribution in [3.8, 4) is 0 Å². The van der Waals surface area contributed by atoms with Crippen LogP contribution in [0.15, 0.2) is 90.3 Å². The fourth-order valence-electron chi connectivity index (χ4n) is 3.32. The molecule has 0 bridgehead atoms. The average molecular weight is 498 g/mol. The lowest BCUT2D eigenvalue weighted by atomic mass is 10.1. The lowest BCUT2D eigenvalue weighted by molar-refractivity contribution is 0.0952. The normalized spacial score (nSPS) is 11.0. The van der Waals surface area contributed by atoms with E-state index in [0.717, 1.165) is 9.87 Å². The van der Waals surface area contributed by atoms with Crippen molar-refractivity contribution >= 4 is 39.1 Å². The second kappa shape index (κ2) is 11.0. The Morgan fingerprint density at radius 2 is 1.71 bits per heavy atom. The fourth-order valence-corrected chi connectivity index (χ4v) is 5.11. The molecule has 34 heavy (non-hydrogen) atoms. The highest BCUT2D eigenvalue weighted by Crippen LogP contribution is 2.30. The van der Waals surface area contributed by atoms with Gasteiger partial charge in [-0.2, -0.15) is 0 Å². The number of nitrogens with zero attached hydrogens (tertiary/aromatic N) is 1. The Morgan fingerprint density at radius 3 is 2.41 bits per heavy atom. The van der Waals surface area contributed by atoms with Crippen LogP contribution in [-0.2, 0) is 16.4 Å². The third-order valence-electron chi connectivity index (χ3n) is 5.01. The molecule has 0 spiro atoms. The summed E-state index contributed by atoms with van der Waals surface area (Å²) in [5.41, 5.74) is 7.05. The van der Waals surface area contributed by atoms with E-state index >= 15 is 0 Å². The van der Waals surface area contributed by atoms with E-state index in [1.54, 1.807) is 42.5 Å². The topological polar surface area (TPSA) is 110 Å². The molecule has 176 valence electrons. The van der Waals surface area contributed by atoms with E-state index in [4.69, 9.17) is 17.3 Å². The number of hydrogen-bond acceptors (Lipinski definition) is 4. The monoisotopic (exact) mass is 497 g/mol. The van der Waals surface area contributed by atoms with Gasteiger partial charge in [0.05, 0.1) is 22.2 Å². The highest BCUT2D eigenvalue weighted by atomic mass is 35.5. The van der Waals surface area contributed by atoms with Gasteiger partial charge < -0.3 is 11.1 Å². The molecule has 0 saturated carbocycles. The van der Waals surface area contributed by atoms with Crippen molar-refractivity contribution in [2.24, 2.45) is 5.73 Å². The molecule has 3 N–H and O–H groups in total. The summed E-state index contributed by atoms with van der Waals surface area (Å²) in [5.74, 6) is -0.942. The summed E-state index contributed by atoms with van der Waals surface area (Å²) >= 11 is 6.23. The Morgan fingerprint density at radius 1 is 1.00 bits per heavy atom. The van der Waals surface area contributed by atoms with Gasteiger partial charge in [0, 0.05) is 17.7 Å². The van der Waals surface area contributed by atoms with Crippen LogP contribution >= 0.6 is 11.6 Å². The predicted molar refractivity (Wildman–Crippen MR) is 134 cm³/mol. The number of anilines is 1. The van der Waals surface area contributed by atoms with E-state index in [9.17, 15) is 18.0 Å². The van der Waals surface area contributed by atoms with Gasteiger partial charge in [-0.1, -0.05) is 48.0 Å². The molecule has 0 saturated heterocycles. The summed E-state index contributed by atoms with van der Waals surface area (Å²) in [6.07, 6.45) is 1.94. The second-order valence-corrected chi connectivity index (χ2v) is 9.64. The Kier molecular flexibility index (Phi) is 8.09. The number of primary amides is 1. The highest BCUT2D eigenvalue weighted by Gasteiger charge is 2.26. The quantitative estimate of drug-likeness (QED) is 0.415. The molecule has 0 heterocycles. The minimum absolute atomic E-state index is 0.00680. The number of sulfonamides is 1. The molecule has 3 rings (SSSR count). The van der Waals surface area contributed by atoms with Crippen LogP contribution in [0.3, 0.4) is 0 Å². The summed E-state index contributed by atoms with van der Waals surface area (Å²) in [6, 6.07) is 19.2. The zero-order valence-corrected chi connectivity index (χ0v) is 19.9. The largest absolute Gasteiger partial charge is 0.366 e. The average Bonchev–Trinajstić information content (AvgIpc) is 2.83. The van der Waals surface area contributed by atoms with E-state index in [1.807, 2.05) is 6.07 Å². The molecule has 3 aromatic rings. The maximum absolute atomic E-state index is 13.4. The number of rotatable bonds is 10. The van der Waals surface area contributed by atoms with Gasteiger partial charge in [0.25, 0.3) is 15.9 Å². The molecule has 0 aromatic heterocycles. The summed E-state index contributed by atoms with van der Waals surface area (Å²) in [5, 5.41) is 3.05. The zero-order chi connectivity index (χ0) is 24.7. The lowest BCUT2D eigenvalue weighted by Crippen LogP contribution is -2.32. The van der Waals surface area contributed by atoms with Gasteiger partial charge in [-0.25, -0.2) is 8.42 Å². The van der Waals surface area contributed by atoms with Crippen LogP contribution in [-0.4, -0.2) is 33.3 Å². The van der Waals surface area contributed by atoms with E-state index in [2.05, 4.69) is 11.9 Å². The molecule has 0 aliphatic heterocycles. The SMILES string of the molecule is C=CCN(c1ccccc1Cl)S(=O)(=O)c1cccc(C(=O)NCCc2cccc(C(N)=O)c2)c1. The van der Waals surface area contributed by atoms with Gasteiger partial charge in [0.1, 0.15) is 0 Å². The Hall–Kier alpha value is -3.62. The maximum atomic E-state index is 13.4. The molecular formula is C25H24ClN3O4S. The van der Waals surface area contributed by atoms with E-state index in [0.29, 0.717) is 24.2 Å². The molecule has 0 aliphatic carbocycles. The van der Waals surface area contributed by atoms with Crippen molar-refractivity contribution in [3.05, 3.63) is 107 Å². The standard InChI is InChI=1S/C25H24ClN3O4S/c1-2-15-29(23-12-4-3-11-22(23)26)34(32,33)21-10-6-9-20(17-21)25(31)28-14-13-18-7-5-8-19(16-18)24(27)30/h2-12,16-17H,1,13-15H2,(H2,27,30)(H,28,31). The first-order chi connectivity index (χ1) is 16.2. The molecular weight excluding hydrogens is 474 g/mol. The van der Waals surface area contributed by atoms with Gasteiger partial charge in [0.15, 0.2) is 0 Å². The third kappa shape index (κ3) is 5.84. The molecule has 0 unspecified atom stereocenters. The summed E-state index contributed by atoms with van der Waals surface area (Å²) in [4.78, 5) is 24.0. The number of carbonyl (C=O) groups is 2. The lowest BCUT2D eigenvalue weighted by Gasteiger charge is -2.24. The molecule has 7 nitrogen and oxygen atoms in total. The Balaban J connectivity index is 1.77. The van der Waals surface area contributed by atoms with Crippen molar-refractivity contribution in [1.29, 1.82) is 0 Å². The summed E-state index contributed by atoms with van der Waals surface area (Å²) in [7, 11) is -4.02. The smallest absolute Gasteiger partial charge is 0.264 e. The fraction of sp³-hybridized carbons (Fsp3) is 0.120. The van der Waals surface area contributed by atoms with E-state index < -0.39 is 21.8 Å². The van der Waals surface area contributed by atoms with Crippen LogP contribution < -0.4 is 15.4 Å². The van der Waals surface area contributed by atoms with Crippen LogP contribution in [0, 0.1) is 0 Å². The molecule has 2 amide bonds. The molecule has 0 fully saturated rings. The number of para-hydroxylation sites is 1. The third-order valence-corrected chi connectivity index (χ3v) is 7.11. The number of hydrogen-bond donors (Lipinski definition) is 2. The Labute approximate surface area is 203 Å². The van der Waals surface area contributed by atoms with Gasteiger partial charge in [0.2, 0.25) is 5.91 Å². The molecule has 0 atom stereocenters. The highest BCUT2D eigenvalue weighted by molar-refractivity contribution is 7.92. The second-order valence-electron chi connectivity index (χ2n) is 7.37. The van der Waals surface area contributed by atoms with E-state index in [1.165, 1.54) is 30.3 Å². The number of benzene rings is 3. The minimum Gasteiger partial charge on any atom is -0.366 e. The first-order valence-electron chi connectivity index (χ1n) is 10.4. The first-order valence-corrected chi connectivity index (χ1v) is 12.2. The van der Waals surface area contributed by atoms with Crippen LogP contribution in [0.2, 0.25) is 5.02 Å². The number of carbonyl (C=O) groups excluding carboxylic acids is 2. The molecule has 3 aromatic carbocycles. The summed E-state index contributed by atoms with van der Waals surface area (Å²) in [6.45, 7) is 3.94. The number of amides is 2. The van der Waals surface area contributed by atoms with Crippen LogP contribution in [0.1, 0.15) is 26.3 Å². The van der Waals surface area contributed by atoms with Crippen molar-refractivity contribution < 1.29 is 18.0 Å². The van der Waals surface area contributed by atoms with Gasteiger partial charge in [-0.3, -0.25) is 13.9 Å². The Bertz CT molecular complexity index is 1320. The summed E-state index contributed by atoms with van der Waals surface area (Å²) < 4.78 is 27.9. The molecule has 0 radical (unpaired) electrons. The van der Waals surface area contributed by atoms with Crippen molar-refractivity contribution in [3.63, 3.8) is 0 Å². The predicted octanol–water partition coefficient (Wildman–Crippen LogP) is 3.79. The van der Waals surface area contributed by atoms with Gasteiger partial charge >= 0.3 is 0 Å². The number of nitrogens with two attached hydrogens (primary N) is 1. The first kappa shape index (κ1) is 25.0.